The van der Waals surface area contributed by atoms with E-state index in [1.165, 1.54) is 11.1 Å². The van der Waals surface area contributed by atoms with E-state index in [-0.39, 0.29) is 18.1 Å². The normalized spacial score (nSPS) is 19.0. The molecule has 3 unspecified atom stereocenters. The second kappa shape index (κ2) is 12.6. The first kappa shape index (κ1) is 27.2. The highest BCUT2D eigenvalue weighted by Crippen LogP contribution is 2.36. The average molecular weight is 526 g/mol. The third-order valence-electron chi connectivity index (χ3n) is 8.03. The third kappa shape index (κ3) is 6.44. The SMILES string of the molecule is CC(C)c1ccc(C(O)CCCN2CCC(O)CC2C(c2ccccc2)c2ccccc2)cc1-c1nn[nH]n1. The molecule has 2 heterocycles. The van der Waals surface area contributed by atoms with Crippen LogP contribution in [0, 0.1) is 0 Å². The van der Waals surface area contributed by atoms with Gasteiger partial charge in [-0.05, 0) is 71.7 Å². The van der Waals surface area contributed by atoms with Crippen molar-refractivity contribution in [3.8, 4) is 11.4 Å². The minimum atomic E-state index is -0.579. The van der Waals surface area contributed by atoms with Gasteiger partial charge in [0.2, 0.25) is 5.82 Å². The predicted molar refractivity (Wildman–Crippen MR) is 153 cm³/mol. The van der Waals surface area contributed by atoms with Crippen LogP contribution in [0.2, 0.25) is 0 Å². The number of likely N-dealkylation sites (tertiary alicyclic amines) is 1. The van der Waals surface area contributed by atoms with Crippen LogP contribution in [0.3, 0.4) is 0 Å². The summed E-state index contributed by atoms with van der Waals surface area (Å²) < 4.78 is 0. The standard InChI is InChI=1S/C32H39N5O2/c1-22(2)27-16-15-25(20-28(27)32-33-35-36-34-32)30(39)14-9-18-37-19-17-26(38)21-29(37)31(23-10-5-3-6-11-23)24-12-7-4-8-13-24/h3-8,10-13,15-16,20,22,26,29-31,38-39H,9,14,17-19,21H2,1-2H3,(H,33,34,35,36). The maximum Gasteiger partial charge on any atom is 0.204 e. The van der Waals surface area contributed by atoms with Crippen LogP contribution in [-0.2, 0) is 0 Å². The summed E-state index contributed by atoms with van der Waals surface area (Å²) in [4.78, 5) is 2.52. The molecular formula is C32H39N5O2. The highest BCUT2D eigenvalue weighted by molar-refractivity contribution is 5.62. The number of aliphatic hydroxyl groups excluding tert-OH is 2. The van der Waals surface area contributed by atoms with Crippen molar-refractivity contribution in [2.45, 2.75) is 69.6 Å². The van der Waals surface area contributed by atoms with Gasteiger partial charge in [0.1, 0.15) is 0 Å². The van der Waals surface area contributed by atoms with Gasteiger partial charge in [0, 0.05) is 24.1 Å². The number of hydrogen-bond donors (Lipinski definition) is 3. The average Bonchev–Trinajstić information content (AvgIpc) is 3.50. The summed E-state index contributed by atoms with van der Waals surface area (Å²) in [7, 11) is 0. The van der Waals surface area contributed by atoms with Crippen LogP contribution in [0.1, 0.15) is 79.7 Å². The van der Waals surface area contributed by atoms with Crippen LogP contribution in [0.25, 0.3) is 11.4 Å². The Morgan fingerprint density at radius 2 is 1.64 bits per heavy atom. The van der Waals surface area contributed by atoms with Crippen molar-refractivity contribution >= 4 is 0 Å². The van der Waals surface area contributed by atoms with Gasteiger partial charge >= 0.3 is 0 Å². The first-order valence-corrected chi connectivity index (χ1v) is 14.1. The summed E-state index contributed by atoms with van der Waals surface area (Å²) in [6.07, 6.45) is 2.15. The Hall–Kier alpha value is -3.39. The first-order chi connectivity index (χ1) is 19.0. The number of hydrogen-bond acceptors (Lipinski definition) is 6. The van der Waals surface area contributed by atoms with E-state index in [1.54, 1.807) is 0 Å². The first-order valence-electron chi connectivity index (χ1n) is 14.1. The lowest BCUT2D eigenvalue weighted by molar-refractivity contribution is 0.0319. The zero-order valence-corrected chi connectivity index (χ0v) is 22.8. The molecule has 0 spiro atoms. The molecule has 3 aromatic carbocycles. The number of H-pyrrole nitrogens is 1. The third-order valence-corrected chi connectivity index (χ3v) is 8.03. The molecule has 3 N–H and O–H groups in total. The molecule has 1 saturated heterocycles. The molecule has 7 nitrogen and oxygen atoms in total. The van der Waals surface area contributed by atoms with Gasteiger partial charge in [-0.25, -0.2) is 0 Å². The number of piperidine rings is 1. The molecule has 0 aliphatic carbocycles. The monoisotopic (exact) mass is 525 g/mol. The van der Waals surface area contributed by atoms with Gasteiger partial charge < -0.3 is 10.2 Å². The van der Waals surface area contributed by atoms with Crippen molar-refractivity contribution in [3.63, 3.8) is 0 Å². The van der Waals surface area contributed by atoms with Crippen LogP contribution >= 0.6 is 0 Å². The molecule has 3 atom stereocenters. The minimum Gasteiger partial charge on any atom is -0.393 e. The molecule has 204 valence electrons. The van der Waals surface area contributed by atoms with Gasteiger partial charge in [0.25, 0.3) is 0 Å². The van der Waals surface area contributed by atoms with E-state index in [1.807, 2.05) is 12.1 Å². The number of rotatable bonds is 10. The molecule has 4 aromatic rings. The van der Waals surface area contributed by atoms with Gasteiger partial charge in [-0.1, -0.05) is 86.6 Å². The topological polar surface area (TPSA) is 98.2 Å². The summed E-state index contributed by atoms with van der Waals surface area (Å²) in [5.41, 5.74) is 5.46. The van der Waals surface area contributed by atoms with E-state index in [9.17, 15) is 10.2 Å². The fraction of sp³-hybridized carbons (Fsp3) is 0.406. The van der Waals surface area contributed by atoms with Crippen molar-refractivity contribution in [1.82, 2.24) is 25.5 Å². The maximum atomic E-state index is 11.2. The van der Waals surface area contributed by atoms with Gasteiger partial charge in [0.05, 0.1) is 12.2 Å². The van der Waals surface area contributed by atoms with Crippen molar-refractivity contribution < 1.29 is 10.2 Å². The van der Waals surface area contributed by atoms with Crippen LogP contribution in [0.5, 0.6) is 0 Å². The Balaban J connectivity index is 1.31. The highest BCUT2D eigenvalue weighted by atomic mass is 16.3. The largest absolute Gasteiger partial charge is 0.393 e. The van der Waals surface area contributed by atoms with Crippen molar-refractivity contribution in [1.29, 1.82) is 0 Å². The number of aliphatic hydroxyl groups is 2. The number of aromatic amines is 1. The molecule has 1 aliphatic heterocycles. The minimum absolute atomic E-state index is 0.174. The van der Waals surface area contributed by atoms with Gasteiger partial charge in [-0.3, -0.25) is 4.90 Å². The second-order valence-electron chi connectivity index (χ2n) is 11.0. The Labute approximate surface area is 230 Å². The molecular weight excluding hydrogens is 486 g/mol. The van der Waals surface area contributed by atoms with Gasteiger partial charge in [-0.2, -0.15) is 5.21 Å². The van der Waals surface area contributed by atoms with Crippen LogP contribution < -0.4 is 0 Å². The summed E-state index contributed by atoms with van der Waals surface area (Å²) in [6.45, 7) is 5.99. The zero-order valence-electron chi connectivity index (χ0n) is 22.8. The fourth-order valence-electron chi connectivity index (χ4n) is 6.02. The molecule has 7 heteroatoms. The quantitative estimate of drug-likeness (QED) is 0.254. The lowest BCUT2D eigenvalue weighted by atomic mass is 9.79. The van der Waals surface area contributed by atoms with Crippen LogP contribution in [0.15, 0.2) is 78.9 Å². The van der Waals surface area contributed by atoms with Crippen molar-refractivity contribution in [2.75, 3.05) is 13.1 Å². The van der Waals surface area contributed by atoms with Crippen molar-refractivity contribution in [3.05, 3.63) is 101 Å². The summed E-state index contributed by atoms with van der Waals surface area (Å²) in [6, 6.07) is 27.6. The number of nitrogens with zero attached hydrogens (tertiary/aromatic N) is 4. The zero-order chi connectivity index (χ0) is 27.2. The number of nitrogens with one attached hydrogen (secondary N) is 1. The summed E-state index contributed by atoms with van der Waals surface area (Å²) in [5.74, 6) is 1.03. The molecule has 1 fully saturated rings. The Kier molecular flexibility index (Phi) is 8.81. The summed E-state index contributed by atoms with van der Waals surface area (Å²) >= 11 is 0. The fourth-order valence-corrected chi connectivity index (χ4v) is 6.02. The molecule has 39 heavy (non-hydrogen) atoms. The number of tetrazole rings is 1. The molecule has 1 aromatic heterocycles. The molecule has 0 bridgehead atoms. The van der Waals surface area contributed by atoms with Gasteiger partial charge in [0.15, 0.2) is 0 Å². The van der Waals surface area contributed by atoms with E-state index in [4.69, 9.17) is 0 Å². The second-order valence-corrected chi connectivity index (χ2v) is 11.0. The smallest absolute Gasteiger partial charge is 0.204 e. The number of benzene rings is 3. The lowest BCUT2D eigenvalue weighted by Gasteiger charge is -2.43. The van der Waals surface area contributed by atoms with Gasteiger partial charge in [-0.15, -0.1) is 10.2 Å². The van der Waals surface area contributed by atoms with Crippen molar-refractivity contribution in [2.24, 2.45) is 0 Å². The molecule has 0 radical (unpaired) electrons. The molecule has 5 rings (SSSR count). The van der Waals surface area contributed by atoms with Crippen LogP contribution in [0.4, 0.5) is 0 Å². The lowest BCUT2D eigenvalue weighted by Crippen LogP contribution is -2.48. The van der Waals surface area contributed by atoms with E-state index in [0.29, 0.717) is 18.2 Å². The number of aromatic nitrogens is 4. The Bertz CT molecular complexity index is 1260. The van der Waals surface area contributed by atoms with E-state index in [0.717, 1.165) is 49.0 Å². The maximum absolute atomic E-state index is 11.2. The van der Waals surface area contributed by atoms with E-state index < -0.39 is 6.10 Å². The Morgan fingerprint density at radius 3 is 2.26 bits per heavy atom. The van der Waals surface area contributed by atoms with E-state index in [2.05, 4.69) is 106 Å². The molecule has 0 amide bonds. The van der Waals surface area contributed by atoms with E-state index >= 15 is 0 Å². The molecule has 1 aliphatic rings. The summed E-state index contributed by atoms with van der Waals surface area (Å²) in [5, 5.41) is 36.5. The Morgan fingerprint density at radius 1 is 0.949 bits per heavy atom. The molecule has 0 saturated carbocycles. The predicted octanol–water partition coefficient (Wildman–Crippen LogP) is 5.46. The van der Waals surface area contributed by atoms with Crippen LogP contribution in [-0.4, -0.2) is 61.0 Å². The highest BCUT2D eigenvalue weighted by Gasteiger charge is 2.35.